The Morgan fingerprint density at radius 3 is 2.53 bits per heavy atom. The minimum absolute atomic E-state index is 0.0670. The first-order valence-electron chi connectivity index (χ1n) is 5.05. The van der Waals surface area contributed by atoms with Gasteiger partial charge in [0.2, 0.25) is 0 Å². The van der Waals surface area contributed by atoms with E-state index in [9.17, 15) is 9.59 Å². The summed E-state index contributed by atoms with van der Waals surface area (Å²) in [7, 11) is 0. The molecule has 0 spiro atoms. The van der Waals surface area contributed by atoms with E-state index in [4.69, 9.17) is 9.84 Å². The second-order valence-electron chi connectivity index (χ2n) is 3.55. The second-order valence-corrected chi connectivity index (χ2v) is 3.55. The normalized spacial score (nSPS) is 9.82. The zero-order valence-electron chi connectivity index (χ0n) is 9.56. The van der Waals surface area contributed by atoms with Gasteiger partial charge in [0.15, 0.2) is 0 Å². The molecule has 0 unspecified atom stereocenters. The first kappa shape index (κ1) is 12.8. The van der Waals surface area contributed by atoms with E-state index in [1.54, 1.807) is 32.0 Å². The lowest BCUT2D eigenvalue weighted by Gasteiger charge is -2.12. The minimum Gasteiger partial charge on any atom is -0.478 e. The summed E-state index contributed by atoms with van der Waals surface area (Å²) in [6, 6.07) is 6.23. The Balaban J connectivity index is 2.63. The van der Waals surface area contributed by atoms with E-state index in [-0.39, 0.29) is 11.7 Å². The first-order chi connectivity index (χ1) is 8.00. The van der Waals surface area contributed by atoms with E-state index in [0.29, 0.717) is 5.69 Å². The van der Waals surface area contributed by atoms with Crippen LogP contribution in [0.5, 0.6) is 0 Å². The Bertz CT molecular complexity index is 418. The molecule has 0 aliphatic heterocycles. The van der Waals surface area contributed by atoms with E-state index in [1.807, 2.05) is 0 Å². The molecule has 0 saturated heterocycles. The monoisotopic (exact) mass is 238 g/mol. The van der Waals surface area contributed by atoms with Crippen molar-refractivity contribution < 1.29 is 19.4 Å². The number of carbonyl (C=O) groups excluding carboxylic acids is 1. The lowest BCUT2D eigenvalue weighted by molar-refractivity contribution is 0.0697. The van der Waals surface area contributed by atoms with Gasteiger partial charge in [-0.1, -0.05) is 12.1 Å². The Morgan fingerprint density at radius 2 is 1.94 bits per heavy atom. The number of hydrogen-bond donors (Lipinski definition) is 3. The quantitative estimate of drug-likeness (QED) is 0.697. The van der Waals surface area contributed by atoms with Gasteiger partial charge in [-0.3, -0.25) is 5.43 Å². The number of carboxylic acid groups (broad SMARTS) is 1. The molecule has 0 bridgehead atoms. The standard InChI is InChI=1S/C11H14N2O4/c1-7(2)17-11(16)13-12-9-6-4-3-5-8(9)10(14)15/h3-7,12H,1-2H3,(H,13,16)(H,14,15). The van der Waals surface area contributed by atoms with Crippen LogP contribution < -0.4 is 10.9 Å². The highest BCUT2D eigenvalue weighted by Crippen LogP contribution is 2.13. The number of carbonyl (C=O) groups is 2. The van der Waals surface area contributed by atoms with Crippen LogP contribution in [0.2, 0.25) is 0 Å². The fraction of sp³-hybridized carbons (Fsp3) is 0.273. The summed E-state index contributed by atoms with van der Waals surface area (Å²) in [5, 5.41) is 8.89. The summed E-state index contributed by atoms with van der Waals surface area (Å²) >= 11 is 0. The van der Waals surface area contributed by atoms with E-state index in [2.05, 4.69) is 10.9 Å². The average molecular weight is 238 g/mol. The Morgan fingerprint density at radius 1 is 1.29 bits per heavy atom. The Labute approximate surface area is 98.6 Å². The van der Waals surface area contributed by atoms with Crippen molar-refractivity contribution in [3.8, 4) is 0 Å². The number of nitrogens with one attached hydrogen (secondary N) is 2. The highest BCUT2D eigenvalue weighted by atomic mass is 16.6. The molecule has 0 aromatic heterocycles. The molecule has 0 radical (unpaired) electrons. The summed E-state index contributed by atoms with van der Waals surface area (Å²) in [5.74, 6) is -1.08. The topological polar surface area (TPSA) is 87.7 Å². The summed E-state index contributed by atoms with van der Waals surface area (Å²) in [4.78, 5) is 22.0. The molecule has 6 heteroatoms. The fourth-order valence-electron chi connectivity index (χ4n) is 1.14. The van der Waals surface area contributed by atoms with Gasteiger partial charge in [0.05, 0.1) is 17.4 Å². The van der Waals surface area contributed by atoms with Crippen LogP contribution in [-0.4, -0.2) is 23.3 Å². The maximum absolute atomic E-state index is 11.2. The average Bonchev–Trinajstić information content (AvgIpc) is 2.25. The SMILES string of the molecule is CC(C)OC(=O)NNc1ccccc1C(=O)O. The number of hydrazine groups is 1. The van der Waals surface area contributed by atoms with Crippen molar-refractivity contribution in [3.05, 3.63) is 29.8 Å². The summed E-state index contributed by atoms with van der Waals surface area (Å²) in [6.07, 6.45) is -0.910. The molecule has 0 saturated carbocycles. The molecule has 6 nitrogen and oxygen atoms in total. The van der Waals surface area contributed by atoms with Gasteiger partial charge in [0.25, 0.3) is 0 Å². The van der Waals surface area contributed by atoms with Crippen molar-refractivity contribution >= 4 is 17.7 Å². The van der Waals surface area contributed by atoms with Gasteiger partial charge in [-0.05, 0) is 26.0 Å². The van der Waals surface area contributed by atoms with Crippen molar-refractivity contribution in [3.63, 3.8) is 0 Å². The number of para-hydroxylation sites is 1. The van der Waals surface area contributed by atoms with Crippen molar-refractivity contribution in [1.82, 2.24) is 5.43 Å². The predicted molar refractivity (Wildman–Crippen MR) is 61.8 cm³/mol. The number of anilines is 1. The van der Waals surface area contributed by atoms with Gasteiger partial charge in [-0.2, -0.15) is 0 Å². The molecule has 0 aliphatic rings. The van der Waals surface area contributed by atoms with Crippen LogP contribution in [0, 0.1) is 0 Å². The third-order valence-electron chi connectivity index (χ3n) is 1.80. The van der Waals surface area contributed by atoms with Crippen LogP contribution in [0.1, 0.15) is 24.2 Å². The Hall–Kier alpha value is -2.24. The van der Waals surface area contributed by atoms with Crippen molar-refractivity contribution in [2.45, 2.75) is 20.0 Å². The van der Waals surface area contributed by atoms with Gasteiger partial charge in [0, 0.05) is 0 Å². The second kappa shape index (κ2) is 5.74. The van der Waals surface area contributed by atoms with Gasteiger partial charge in [-0.25, -0.2) is 15.0 Å². The molecular weight excluding hydrogens is 224 g/mol. The minimum atomic E-state index is -1.08. The first-order valence-corrected chi connectivity index (χ1v) is 5.05. The van der Waals surface area contributed by atoms with Crippen LogP contribution in [0.4, 0.5) is 10.5 Å². The smallest absolute Gasteiger partial charge is 0.426 e. The van der Waals surface area contributed by atoms with Crippen LogP contribution in [0.15, 0.2) is 24.3 Å². The van der Waals surface area contributed by atoms with Crippen LogP contribution in [0.3, 0.4) is 0 Å². The fourth-order valence-corrected chi connectivity index (χ4v) is 1.14. The summed E-state index contributed by atoms with van der Waals surface area (Å²) in [5.41, 5.74) is 5.10. The molecule has 0 heterocycles. The van der Waals surface area contributed by atoms with Crippen LogP contribution >= 0.6 is 0 Å². The van der Waals surface area contributed by atoms with Gasteiger partial charge in [-0.15, -0.1) is 0 Å². The lowest BCUT2D eigenvalue weighted by atomic mass is 10.2. The number of amides is 1. The van der Waals surface area contributed by atoms with E-state index in [0.717, 1.165) is 0 Å². The molecule has 1 amide bonds. The van der Waals surface area contributed by atoms with E-state index >= 15 is 0 Å². The number of benzene rings is 1. The molecule has 0 fully saturated rings. The zero-order valence-corrected chi connectivity index (χ0v) is 9.56. The third-order valence-corrected chi connectivity index (χ3v) is 1.80. The number of hydrogen-bond acceptors (Lipinski definition) is 4. The van der Waals surface area contributed by atoms with E-state index < -0.39 is 12.1 Å². The predicted octanol–water partition coefficient (Wildman–Crippen LogP) is 1.85. The molecule has 1 rings (SSSR count). The molecule has 1 aromatic carbocycles. The third kappa shape index (κ3) is 4.02. The molecule has 0 atom stereocenters. The Kier molecular flexibility index (Phi) is 4.33. The molecular formula is C11H14N2O4. The van der Waals surface area contributed by atoms with Crippen molar-refractivity contribution in [2.24, 2.45) is 0 Å². The van der Waals surface area contributed by atoms with E-state index in [1.165, 1.54) is 6.07 Å². The van der Waals surface area contributed by atoms with Crippen molar-refractivity contribution in [2.75, 3.05) is 5.43 Å². The molecule has 92 valence electrons. The van der Waals surface area contributed by atoms with Crippen LogP contribution in [0.25, 0.3) is 0 Å². The molecule has 1 aromatic rings. The van der Waals surface area contributed by atoms with Crippen molar-refractivity contribution in [1.29, 1.82) is 0 Å². The number of aromatic carboxylic acids is 1. The number of ether oxygens (including phenoxy) is 1. The van der Waals surface area contributed by atoms with Gasteiger partial charge in [0.1, 0.15) is 0 Å². The van der Waals surface area contributed by atoms with Crippen LogP contribution in [-0.2, 0) is 4.74 Å². The number of rotatable bonds is 4. The summed E-state index contributed by atoms with van der Waals surface area (Å²) < 4.78 is 4.81. The maximum atomic E-state index is 11.2. The summed E-state index contributed by atoms with van der Waals surface area (Å²) in [6.45, 7) is 3.43. The highest BCUT2D eigenvalue weighted by Gasteiger charge is 2.10. The molecule has 17 heavy (non-hydrogen) atoms. The highest BCUT2D eigenvalue weighted by molar-refractivity contribution is 5.94. The molecule has 0 aliphatic carbocycles. The zero-order chi connectivity index (χ0) is 12.8. The maximum Gasteiger partial charge on any atom is 0.426 e. The lowest BCUT2D eigenvalue weighted by Crippen LogP contribution is -2.32. The largest absolute Gasteiger partial charge is 0.478 e. The molecule has 3 N–H and O–H groups in total. The number of carboxylic acids is 1. The van der Waals surface area contributed by atoms with Gasteiger partial charge < -0.3 is 9.84 Å². The van der Waals surface area contributed by atoms with Gasteiger partial charge >= 0.3 is 12.1 Å².